The van der Waals surface area contributed by atoms with E-state index in [-0.39, 0.29) is 11.9 Å². The van der Waals surface area contributed by atoms with Crippen molar-refractivity contribution in [2.75, 3.05) is 12.4 Å². The average Bonchev–Trinajstić information content (AvgIpc) is 2.75. The third-order valence-electron chi connectivity index (χ3n) is 3.19. The summed E-state index contributed by atoms with van der Waals surface area (Å²) in [5.41, 5.74) is 1.87. The molecule has 3 rings (SSSR count). The number of halogens is 1. The van der Waals surface area contributed by atoms with E-state index in [1.165, 1.54) is 4.90 Å². The standard InChI is InChI=1S/C15H13BrN2OS/c1-17-14-10-7-11(16)13(8-12(10)18-15(14)19)20-9-5-3-2-4-6-9/h2-8,14,17H,1H3,(H,18,19). The Hall–Kier alpha value is -1.30. The van der Waals surface area contributed by atoms with Crippen molar-refractivity contribution in [3.05, 3.63) is 52.5 Å². The number of carbonyl (C=O) groups is 1. The molecule has 0 radical (unpaired) electrons. The number of hydrogen-bond acceptors (Lipinski definition) is 3. The number of rotatable bonds is 3. The van der Waals surface area contributed by atoms with Crippen LogP contribution in [0.2, 0.25) is 0 Å². The van der Waals surface area contributed by atoms with Crippen molar-refractivity contribution in [3.8, 4) is 0 Å². The smallest absolute Gasteiger partial charge is 0.246 e. The Morgan fingerprint density at radius 3 is 2.70 bits per heavy atom. The van der Waals surface area contributed by atoms with Crippen LogP contribution in [0.25, 0.3) is 0 Å². The van der Waals surface area contributed by atoms with E-state index in [9.17, 15) is 4.79 Å². The number of anilines is 1. The maximum absolute atomic E-state index is 11.8. The van der Waals surface area contributed by atoms with Gasteiger partial charge in [-0.05, 0) is 47.2 Å². The Bertz CT molecular complexity index is 660. The molecular weight excluding hydrogens is 336 g/mol. The van der Waals surface area contributed by atoms with Gasteiger partial charge >= 0.3 is 0 Å². The molecule has 0 aromatic heterocycles. The van der Waals surface area contributed by atoms with E-state index in [0.29, 0.717) is 0 Å². The molecule has 1 aliphatic heterocycles. The molecule has 0 spiro atoms. The average molecular weight is 349 g/mol. The summed E-state index contributed by atoms with van der Waals surface area (Å²) in [5, 5.41) is 5.94. The zero-order valence-corrected chi connectivity index (χ0v) is 13.2. The van der Waals surface area contributed by atoms with Crippen LogP contribution in [0.15, 0.2) is 56.7 Å². The first-order valence-electron chi connectivity index (χ1n) is 6.23. The number of nitrogens with one attached hydrogen (secondary N) is 2. The van der Waals surface area contributed by atoms with E-state index in [4.69, 9.17) is 0 Å². The minimum atomic E-state index is -0.267. The highest BCUT2D eigenvalue weighted by molar-refractivity contribution is 9.10. The van der Waals surface area contributed by atoms with Crippen LogP contribution in [0.4, 0.5) is 5.69 Å². The van der Waals surface area contributed by atoms with Crippen LogP contribution in [0.1, 0.15) is 11.6 Å². The molecule has 1 unspecified atom stereocenters. The normalized spacial score (nSPS) is 16.9. The van der Waals surface area contributed by atoms with Crippen molar-refractivity contribution in [1.82, 2.24) is 5.32 Å². The molecule has 0 fully saturated rings. The molecule has 0 saturated carbocycles. The zero-order valence-electron chi connectivity index (χ0n) is 10.8. The lowest BCUT2D eigenvalue weighted by atomic mass is 10.1. The van der Waals surface area contributed by atoms with Crippen molar-refractivity contribution < 1.29 is 4.79 Å². The molecule has 20 heavy (non-hydrogen) atoms. The second-order valence-corrected chi connectivity index (χ2v) is 6.47. The highest BCUT2D eigenvalue weighted by Gasteiger charge is 2.30. The Kier molecular flexibility index (Phi) is 3.83. The lowest BCUT2D eigenvalue weighted by Gasteiger charge is -2.10. The Morgan fingerprint density at radius 1 is 1.25 bits per heavy atom. The van der Waals surface area contributed by atoms with Crippen molar-refractivity contribution in [3.63, 3.8) is 0 Å². The fourth-order valence-electron chi connectivity index (χ4n) is 2.24. The Balaban J connectivity index is 1.96. The van der Waals surface area contributed by atoms with Gasteiger partial charge in [0.1, 0.15) is 6.04 Å². The number of amides is 1. The van der Waals surface area contributed by atoms with Gasteiger partial charge in [-0.3, -0.25) is 4.79 Å². The van der Waals surface area contributed by atoms with Gasteiger partial charge in [-0.2, -0.15) is 0 Å². The third-order valence-corrected chi connectivity index (χ3v) is 5.18. The Labute approximate surface area is 130 Å². The molecule has 2 aromatic rings. The fourth-order valence-corrected chi connectivity index (χ4v) is 3.73. The zero-order chi connectivity index (χ0) is 14.1. The van der Waals surface area contributed by atoms with Crippen LogP contribution in [0, 0.1) is 0 Å². The minimum Gasteiger partial charge on any atom is -0.324 e. The minimum absolute atomic E-state index is 0.00346. The third kappa shape index (κ3) is 2.49. The first kappa shape index (κ1) is 13.7. The van der Waals surface area contributed by atoms with Crippen LogP contribution in [0.3, 0.4) is 0 Å². The summed E-state index contributed by atoms with van der Waals surface area (Å²) >= 11 is 5.27. The second-order valence-electron chi connectivity index (χ2n) is 4.50. The highest BCUT2D eigenvalue weighted by Crippen LogP contribution is 2.41. The van der Waals surface area contributed by atoms with Gasteiger partial charge in [0.05, 0.1) is 0 Å². The van der Waals surface area contributed by atoms with Crippen molar-refractivity contribution in [1.29, 1.82) is 0 Å². The first-order valence-corrected chi connectivity index (χ1v) is 7.84. The summed E-state index contributed by atoms with van der Waals surface area (Å²) in [6.45, 7) is 0. The summed E-state index contributed by atoms with van der Waals surface area (Å²) in [6.07, 6.45) is 0. The second kappa shape index (κ2) is 5.60. The highest BCUT2D eigenvalue weighted by atomic mass is 79.9. The van der Waals surface area contributed by atoms with Gasteiger partial charge in [0.2, 0.25) is 5.91 Å². The predicted octanol–water partition coefficient (Wildman–Crippen LogP) is 3.81. The van der Waals surface area contributed by atoms with E-state index in [1.807, 2.05) is 30.3 Å². The Morgan fingerprint density at radius 2 is 2.00 bits per heavy atom. The maximum Gasteiger partial charge on any atom is 0.246 e. The number of carbonyl (C=O) groups excluding carboxylic acids is 1. The lowest BCUT2D eigenvalue weighted by Crippen LogP contribution is -2.23. The van der Waals surface area contributed by atoms with Crippen molar-refractivity contribution in [2.24, 2.45) is 0 Å². The SMILES string of the molecule is CNC1C(=O)Nc2cc(Sc3ccccc3)c(Br)cc21. The lowest BCUT2D eigenvalue weighted by molar-refractivity contribution is -0.117. The first-order chi connectivity index (χ1) is 9.69. The van der Waals surface area contributed by atoms with E-state index in [2.05, 4.69) is 38.7 Å². The van der Waals surface area contributed by atoms with E-state index < -0.39 is 0 Å². The molecule has 3 nitrogen and oxygen atoms in total. The molecule has 5 heteroatoms. The quantitative estimate of drug-likeness (QED) is 0.885. The summed E-state index contributed by atoms with van der Waals surface area (Å²) < 4.78 is 1.00. The van der Waals surface area contributed by atoms with Crippen LogP contribution < -0.4 is 10.6 Å². The molecule has 1 atom stereocenters. The van der Waals surface area contributed by atoms with E-state index in [1.54, 1.807) is 18.8 Å². The van der Waals surface area contributed by atoms with Crippen molar-refractivity contribution >= 4 is 39.3 Å². The number of hydrogen-bond donors (Lipinski definition) is 2. The largest absolute Gasteiger partial charge is 0.324 e. The molecule has 0 saturated heterocycles. The van der Waals surface area contributed by atoms with Crippen LogP contribution >= 0.6 is 27.7 Å². The van der Waals surface area contributed by atoms with Crippen molar-refractivity contribution in [2.45, 2.75) is 15.8 Å². The van der Waals surface area contributed by atoms with Gasteiger partial charge in [-0.25, -0.2) is 0 Å². The molecule has 0 bridgehead atoms. The molecule has 2 aromatic carbocycles. The molecule has 102 valence electrons. The molecule has 1 heterocycles. The maximum atomic E-state index is 11.8. The molecule has 0 aliphatic carbocycles. The fraction of sp³-hybridized carbons (Fsp3) is 0.133. The molecule has 1 amide bonds. The molecule has 2 N–H and O–H groups in total. The summed E-state index contributed by atoms with van der Waals surface area (Å²) in [4.78, 5) is 14.1. The number of fused-ring (bicyclic) bond motifs is 1. The molecule has 1 aliphatic rings. The van der Waals surface area contributed by atoms with Crippen LogP contribution in [-0.4, -0.2) is 13.0 Å². The predicted molar refractivity (Wildman–Crippen MR) is 85.1 cm³/mol. The van der Waals surface area contributed by atoms with Crippen LogP contribution in [-0.2, 0) is 4.79 Å². The topological polar surface area (TPSA) is 41.1 Å². The van der Waals surface area contributed by atoms with Crippen LogP contribution in [0.5, 0.6) is 0 Å². The van der Waals surface area contributed by atoms with Gasteiger partial charge in [0.15, 0.2) is 0 Å². The van der Waals surface area contributed by atoms with E-state index in [0.717, 1.165) is 20.6 Å². The van der Waals surface area contributed by atoms with Gasteiger partial charge < -0.3 is 10.6 Å². The number of likely N-dealkylation sites (N-methyl/N-ethyl adjacent to an activating group) is 1. The monoisotopic (exact) mass is 348 g/mol. The summed E-state index contributed by atoms with van der Waals surface area (Å²) in [6, 6.07) is 13.9. The number of benzene rings is 2. The molecular formula is C15H13BrN2OS. The van der Waals surface area contributed by atoms with Gasteiger partial charge in [-0.15, -0.1) is 0 Å². The van der Waals surface area contributed by atoms with E-state index >= 15 is 0 Å². The van der Waals surface area contributed by atoms with Gasteiger partial charge in [0, 0.05) is 25.5 Å². The van der Waals surface area contributed by atoms with Gasteiger partial charge in [0.25, 0.3) is 0 Å². The van der Waals surface area contributed by atoms with Gasteiger partial charge in [-0.1, -0.05) is 30.0 Å². The summed E-state index contributed by atoms with van der Waals surface area (Å²) in [7, 11) is 1.79. The summed E-state index contributed by atoms with van der Waals surface area (Å²) in [5.74, 6) is -0.00346.